The van der Waals surface area contributed by atoms with Gasteiger partial charge in [-0.05, 0) is 47.4 Å². The van der Waals surface area contributed by atoms with Crippen molar-refractivity contribution in [3.63, 3.8) is 0 Å². The van der Waals surface area contributed by atoms with Gasteiger partial charge in [-0.2, -0.15) is 0 Å². The summed E-state index contributed by atoms with van der Waals surface area (Å²) >= 11 is 3.53. The average molecular weight is 338 g/mol. The van der Waals surface area contributed by atoms with Crippen LogP contribution in [0.4, 0.5) is 5.69 Å². The molecule has 0 atom stereocenters. The Balaban J connectivity index is 1.87. The first kappa shape index (κ1) is 13.5. The second-order valence-electron chi connectivity index (χ2n) is 4.98. The zero-order valence-corrected chi connectivity index (χ0v) is 12.6. The van der Waals surface area contributed by atoms with Crippen LogP contribution in [-0.4, -0.2) is 33.4 Å². The standard InChI is InChI=1S/C13H16BrN5O/c14-12-2-1-10(15)7-11(12)13-16-17-18-19(13)8-9-3-5-20-6-4-9/h1-2,7,9H,3-6,8,15H2. The van der Waals surface area contributed by atoms with Crippen LogP contribution >= 0.6 is 15.9 Å². The molecule has 1 aliphatic heterocycles. The fourth-order valence-corrected chi connectivity index (χ4v) is 2.83. The number of aromatic nitrogens is 4. The summed E-state index contributed by atoms with van der Waals surface area (Å²) in [6.45, 7) is 2.46. The Morgan fingerprint density at radius 3 is 2.95 bits per heavy atom. The maximum absolute atomic E-state index is 5.85. The van der Waals surface area contributed by atoms with Gasteiger partial charge in [0.25, 0.3) is 0 Å². The second kappa shape index (κ2) is 5.88. The van der Waals surface area contributed by atoms with E-state index in [1.54, 1.807) is 0 Å². The third-order valence-electron chi connectivity index (χ3n) is 3.54. The van der Waals surface area contributed by atoms with Crippen molar-refractivity contribution in [2.75, 3.05) is 18.9 Å². The topological polar surface area (TPSA) is 78.9 Å². The number of ether oxygens (including phenoxy) is 1. The number of halogens is 1. The normalized spacial score (nSPS) is 16.4. The van der Waals surface area contributed by atoms with E-state index in [0.29, 0.717) is 11.6 Å². The van der Waals surface area contributed by atoms with Crippen molar-refractivity contribution in [3.05, 3.63) is 22.7 Å². The highest BCUT2D eigenvalue weighted by molar-refractivity contribution is 9.10. The first-order valence-electron chi connectivity index (χ1n) is 6.63. The smallest absolute Gasteiger partial charge is 0.183 e. The van der Waals surface area contributed by atoms with Crippen molar-refractivity contribution in [1.29, 1.82) is 0 Å². The summed E-state index contributed by atoms with van der Waals surface area (Å²) in [7, 11) is 0. The maximum atomic E-state index is 5.85. The van der Waals surface area contributed by atoms with Crippen molar-refractivity contribution >= 4 is 21.6 Å². The lowest BCUT2D eigenvalue weighted by Crippen LogP contribution is -2.21. The van der Waals surface area contributed by atoms with Crippen LogP contribution in [0.25, 0.3) is 11.4 Å². The predicted molar refractivity (Wildman–Crippen MR) is 78.9 cm³/mol. The first-order chi connectivity index (χ1) is 9.74. The van der Waals surface area contributed by atoms with E-state index in [0.717, 1.165) is 48.5 Å². The highest BCUT2D eigenvalue weighted by Gasteiger charge is 2.19. The highest BCUT2D eigenvalue weighted by atomic mass is 79.9. The second-order valence-corrected chi connectivity index (χ2v) is 5.83. The van der Waals surface area contributed by atoms with Crippen LogP contribution in [0.15, 0.2) is 22.7 Å². The van der Waals surface area contributed by atoms with E-state index in [-0.39, 0.29) is 0 Å². The number of nitrogen functional groups attached to an aromatic ring is 1. The summed E-state index contributed by atoms with van der Waals surface area (Å²) < 4.78 is 8.18. The van der Waals surface area contributed by atoms with E-state index in [1.807, 2.05) is 22.9 Å². The number of tetrazole rings is 1. The molecule has 0 radical (unpaired) electrons. The van der Waals surface area contributed by atoms with E-state index in [4.69, 9.17) is 10.5 Å². The molecular weight excluding hydrogens is 322 g/mol. The SMILES string of the molecule is Nc1ccc(Br)c(-c2nnnn2CC2CCOCC2)c1. The minimum Gasteiger partial charge on any atom is -0.399 e. The van der Waals surface area contributed by atoms with Crippen molar-refractivity contribution in [1.82, 2.24) is 20.2 Å². The quantitative estimate of drug-likeness (QED) is 0.867. The molecule has 3 rings (SSSR count). The highest BCUT2D eigenvalue weighted by Crippen LogP contribution is 2.29. The summed E-state index contributed by atoms with van der Waals surface area (Å²) in [5.74, 6) is 1.31. The number of nitrogens with two attached hydrogens (primary N) is 1. The third kappa shape index (κ3) is 2.83. The van der Waals surface area contributed by atoms with E-state index in [9.17, 15) is 0 Å². The first-order valence-corrected chi connectivity index (χ1v) is 7.42. The Morgan fingerprint density at radius 2 is 2.15 bits per heavy atom. The Morgan fingerprint density at radius 1 is 1.35 bits per heavy atom. The molecule has 1 aromatic carbocycles. The fraction of sp³-hybridized carbons (Fsp3) is 0.462. The van der Waals surface area contributed by atoms with Crippen LogP contribution in [-0.2, 0) is 11.3 Å². The van der Waals surface area contributed by atoms with Crippen molar-refractivity contribution in [2.45, 2.75) is 19.4 Å². The molecule has 106 valence electrons. The van der Waals surface area contributed by atoms with Crippen LogP contribution in [0.5, 0.6) is 0 Å². The lowest BCUT2D eigenvalue weighted by molar-refractivity contribution is 0.0601. The zero-order chi connectivity index (χ0) is 13.9. The van der Waals surface area contributed by atoms with E-state index < -0.39 is 0 Å². The van der Waals surface area contributed by atoms with Gasteiger partial charge in [0.05, 0.1) is 0 Å². The van der Waals surface area contributed by atoms with Gasteiger partial charge in [0, 0.05) is 35.5 Å². The summed E-state index contributed by atoms with van der Waals surface area (Å²) in [5.41, 5.74) is 7.47. The molecule has 2 N–H and O–H groups in total. The van der Waals surface area contributed by atoms with E-state index in [1.165, 1.54) is 0 Å². The summed E-state index contributed by atoms with van der Waals surface area (Å²) in [6.07, 6.45) is 2.11. The molecule has 6 nitrogen and oxygen atoms in total. The van der Waals surface area contributed by atoms with Crippen LogP contribution < -0.4 is 5.73 Å². The number of hydrogen-bond acceptors (Lipinski definition) is 5. The van der Waals surface area contributed by atoms with Crippen LogP contribution in [0, 0.1) is 5.92 Å². The predicted octanol–water partition coefficient (Wildman–Crippen LogP) is 2.11. The third-order valence-corrected chi connectivity index (χ3v) is 4.23. The zero-order valence-electron chi connectivity index (χ0n) is 11.0. The monoisotopic (exact) mass is 337 g/mol. The largest absolute Gasteiger partial charge is 0.399 e. The van der Waals surface area contributed by atoms with Crippen LogP contribution in [0.2, 0.25) is 0 Å². The minimum absolute atomic E-state index is 0.561. The van der Waals surface area contributed by atoms with E-state index >= 15 is 0 Å². The van der Waals surface area contributed by atoms with Crippen LogP contribution in [0.1, 0.15) is 12.8 Å². The molecule has 1 aliphatic rings. The van der Waals surface area contributed by atoms with E-state index in [2.05, 4.69) is 31.5 Å². The summed E-state index contributed by atoms with van der Waals surface area (Å²) in [4.78, 5) is 0. The van der Waals surface area contributed by atoms with Gasteiger partial charge >= 0.3 is 0 Å². The molecule has 7 heteroatoms. The number of nitrogens with zero attached hydrogens (tertiary/aromatic N) is 4. The van der Waals surface area contributed by atoms with Gasteiger partial charge < -0.3 is 10.5 Å². The average Bonchev–Trinajstić information content (AvgIpc) is 2.91. The molecule has 0 aliphatic carbocycles. The molecule has 1 aromatic heterocycles. The Kier molecular flexibility index (Phi) is 3.98. The van der Waals surface area contributed by atoms with Crippen molar-refractivity contribution < 1.29 is 4.74 Å². The lowest BCUT2D eigenvalue weighted by atomic mass is 10.0. The molecule has 20 heavy (non-hydrogen) atoms. The lowest BCUT2D eigenvalue weighted by Gasteiger charge is -2.22. The Hall–Kier alpha value is -1.47. The molecule has 1 fully saturated rings. The maximum Gasteiger partial charge on any atom is 0.183 e. The van der Waals surface area contributed by atoms with Gasteiger partial charge in [0.1, 0.15) is 0 Å². The Bertz CT molecular complexity index is 594. The number of hydrogen-bond donors (Lipinski definition) is 1. The summed E-state index contributed by atoms with van der Waals surface area (Å²) in [6, 6.07) is 5.65. The summed E-state index contributed by atoms with van der Waals surface area (Å²) in [5, 5.41) is 12.1. The molecule has 1 saturated heterocycles. The Labute approximate surface area is 125 Å². The number of rotatable bonds is 3. The van der Waals surface area contributed by atoms with Gasteiger partial charge in [0.15, 0.2) is 5.82 Å². The van der Waals surface area contributed by atoms with Crippen LogP contribution in [0.3, 0.4) is 0 Å². The molecule has 2 aromatic rings. The molecule has 0 saturated carbocycles. The minimum atomic E-state index is 0.561. The fourth-order valence-electron chi connectivity index (χ4n) is 2.41. The molecule has 2 heterocycles. The van der Waals surface area contributed by atoms with Crippen molar-refractivity contribution in [2.24, 2.45) is 5.92 Å². The van der Waals surface area contributed by atoms with Gasteiger partial charge in [-0.15, -0.1) is 5.10 Å². The van der Waals surface area contributed by atoms with Gasteiger partial charge in [-0.3, -0.25) is 0 Å². The molecule has 0 unspecified atom stereocenters. The van der Waals surface area contributed by atoms with Gasteiger partial charge in [0.2, 0.25) is 0 Å². The molecule has 0 spiro atoms. The molecular formula is C13H16BrN5O. The number of anilines is 1. The molecule has 0 amide bonds. The molecule has 0 bridgehead atoms. The van der Waals surface area contributed by atoms with Gasteiger partial charge in [-0.1, -0.05) is 15.9 Å². The van der Waals surface area contributed by atoms with Gasteiger partial charge in [-0.25, -0.2) is 4.68 Å². The number of benzene rings is 1. The van der Waals surface area contributed by atoms with Crippen molar-refractivity contribution in [3.8, 4) is 11.4 Å².